The number of nitrogens with zero attached hydrogens (tertiary/aromatic N) is 1. The van der Waals surface area contributed by atoms with Gasteiger partial charge in [0.25, 0.3) is 0 Å². The lowest BCUT2D eigenvalue weighted by molar-refractivity contribution is 1.16. The Kier molecular flexibility index (Phi) is 2.59. The van der Waals surface area contributed by atoms with Crippen LogP contribution in [0.15, 0.2) is 29.4 Å². The third-order valence-corrected chi connectivity index (χ3v) is 2.25. The highest BCUT2D eigenvalue weighted by atomic mass is 15.0. The minimum Gasteiger partial charge on any atom is -0.281 e. The number of hydrogen-bond donors (Lipinski definition) is 2. The van der Waals surface area contributed by atoms with Gasteiger partial charge in [-0.1, -0.05) is 24.0 Å². The van der Waals surface area contributed by atoms with Crippen LogP contribution in [-0.4, -0.2) is 5.84 Å². The number of nitrogens with one attached hydrogen (secondary N) is 2. The molecule has 0 saturated heterocycles. The van der Waals surface area contributed by atoms with Crippen molar-refractivity contribution in [1.82, 2.24) is 0 Å². The first-order valence-electron chi connectivity index (χ1n) is 4.87. The largest absolute Gasteiger partial charge is 0.281 e. The molecule has 0 amide bonds. The van der Waals surface area contributed by atoms with Crippen molar-refractivity contribution < 1.29 is 0 Å². The summed E-state index contributed by atoms with van der Waals surface area (Å²) in [6, 6.07) is 7.32. The molecule has 3 nitrogen and oxygen atoms in total. The van der Waals surface area contributed by atoms with Crippen LogP contribution in [-0.2, 0) is 0 Å². The molecule has 0 atom stereocenters. The highest BCUT2D eigenvalue weighted by Gasteiger charge is 2.17. The van der Waals surface area contributed by atoms with Crippen LogP contribution in [0.3, 0.4) is 0 Å². The van der Waals surface area contributed by atoms with Gasteiger partial charge < -0.3 is 0 Å². The van der Waals surface area contributed by atoms with Crippen molar-refractivity contribution in [3.8, 4) is 11.8 Å². The number of hydrogen-bond acceptors (Lipinski definition) is 2. The number of benzene rings is 1. The topological polar surface area (TPSA) is 60.1 Å². The van der Waals surface area contributed by atoms with Gasteiger partial charge in [0.15, 0.2) is 5.84 Å². The van der Waals surface area contributed by atoms with Crippen LogP contribution in [0.1, 0.15) is 24.0 Å². The molecule has 2 rings (SSSR count). The quantitative estimate of drug-likeness (QED) is 0.301. The number of rotatable bonds is 1. The van der Waals surface area contributed by atoms with Crippen molar-refractivity contribution in [2.45, 2.75) is 12.8 Å². The average molecular weight is 197 g/mol. The van der Waals surface area contributed by atoms with Gasteiger partial charge in [-0.25, -0.2) is 5.53 Å². The van der Waals surface area contributed by atoms with E-state index in [1.54, 1.807) is 12.1 Å². The standard InChI is InChI=1S/C12H11N3/c13-12(15-14)11-3-1-2-10(8-11)7-6-9-4-5-9/h1-3,8-9,13-14H,4-5H2. The molecule has 0 heterocycles. The zero-order chi connectivity index (χ0) is 10.7. The first-order valence-corrected chi connectivity index (χ1v) is 4.87. The first kappa shape index (κ1) is 9.60. The average Bonchev–Trinajstić information content (AvgIpc) is 3.09. The molecule has 1 fully saturated rings. The van der Waals surface area contributed by atoms with Crippen LogP contribution in [0.5, 0.6) is 0 Å². The maximum absolute atomic E-state index is 7.40. The molecule has 3 heteroatoms. The summed E-state index contributed by atoms with van der Waals surface area (Å²) in [7, 11) is 0. The molecule has 0 aliphatic heterocycles. The number of amidine groups is 1. The van der Waals surface area contributed by atoms with Crippen molar-refractivity contribution in [3.63, 3.8) is 0 Å². The fraction of sp³-hybridized carbons (Fsp3) is 0.250. The zero-order valence-corrected chi connectivity index (χ0v) is 8.25. The summed E-state index contributed by atoms with van der Waals surface area (Å²) >= 11 is 0. The summed E-state index contributed by atoms with van der Waals surface area (Å²) in [6.07, 6.45) is 2.43. The Balaban J connectivity index is 2.22. The molecule has 1 aromatic rings. The molecule has 1 aliphatic rings. The molecule has 1 aliphatic carbocycles. The molecular formula is C12H11N3. The Morgan fingerprint density at radius 2 is 2.20 bits per heavy atom. The van der Waals surface area contributed by atoms with Crippen molar-refractivity contribution in [2.24, 2.45) is 11.0 Å². The van der Waals surface area contributed by atoms with E-state index in [2.05, 4.69) is 17.0 Å². The predicted octanol–water partition coefficient (Wildman–Crippen LogP) is 2.80. The molecule has 2 N–H and O–H groups in total. The van der Waals surface area contributed by atoms with Crippen LogP contribution in [0.25, 0.3) is 0 Å². The molecule has 15 heavy (non-hydrogen) atoms. The molecular weight excluding hydrogens is 186 g/mol. The van der Waals surface area contributed by atoms with E-state index in [0.29, 0.717) is 11.5 Å². The van der Waals surface area contributed by atoms with E-state index in [-0.39, 0.29) is 5.84 Å². The maximum atomic E-state index is 7.40. The molecule has 0 radical (unpaired) electrons. The summed E-state index contributed by atoms with van der Waals surface area (Å²) in [5.74, 6) is 6.79. The van der Waals surface area contributed by atoms with Gasteiger partial charge in [-0.05, 0) is 25.0 Å². The van der Waals surface area contributed by atoms with E-state index in [4.69, 9.17) is 10.9 Å². The van der Waals surface area contributed by atoms with E-state index in [0.717, 1.165) is 5.56 Å². The van der Waals surface area contributed by atoms with Gasteiger partial charge in [0.05, 0.1) is 0 Å². The zero-order valence-electron chi connectivity index (χ0n) is 8.25. The van der Waals surface area contributed by atoms with E-state index in [1.807, 2.05) is 12.1 Å². The molecule has 74 valence electrons. The van der Waals surface area contributed by atoms with E-state index >= 15 is 0 Å². The first-order chi connectivity index (χ1) is 7.29. The van der Waals surface area contributed by atoms with Crippen LogP contribution >= 0.6 is 0 Å². The smallest absolute Gasteiger partial charge is 0.173 e. The van der Waals surface area contributed by atoms with Gasteiger partial charge in [0.2, 0.25) is 0 Å². The van der Waals surface area contributed by atoms with Gasteiger partial charge in [0, 0.05) is 17.0 Å². The summed E-state index contributed by atoms with van der Waals surface area (Å²) in [5, 5.41) is 10.5. The summed E-state index contributed by atoms with van der Waals surface area (Å²) < 4.78 is 0. The molecule has 1 aromatic carbocycles. The van der Waals surface area contributed by atoms with Crippen molar-refractivity contribution in [1.29, 1.82) is 10.9 Å². The minimum atomic E-state index is -0.0231. The predicted molar refractivity (Wildman–Crippen MR) is 58.0 cm³/mol. The van der Waals surface area contributed by atoms with Gasteiger partial charge in [-0.2, -0.15) is 0 Å². The van der Waals surface area contributed by atoms with Gasteiger partial charge in [-0.15, -0.1) is 5.11 Å². The molecule has 0 spiro atoms. The minimum absolute atomic E-state index is 0.0231. The van der Waals surface area contributed by atoms with Gasteiger partial charge in [0.1, 0.15) is 0 Å². The Bertz CT molecular complexity index is 461. The van der Waals surface area contributed by atoms with Gasteiger partial charge >= 0.3 is 0 Å². The Morgan fingerprint density at radius 3 is 2.87 bits per heavy atom. The van der Waals surface area contributed by atoms with Gasteiger partial charge in [-0.3, -0.25) is 5.41 Å². The lowest BCUT2D eigenvalue weighted by Gasteiger charge is -1.96. The fourth-order valence-electron chi connectivity index (χ4n) is 1.22. The van der Waals surface area contributed by atoms with E-state index < -0.39 is 0 Å². The third kappa shape index (κ3) is 2.50. The van der Waals surface area contributed by atoms with Crippen molar-refractivity contribution >= 4 is 5.84 Å². The van der Waals surface area contributed by atoms with E-state index in [1.165, 1.54) is 12.8 Å². The van der Waals surface area contributed by atoms with Crippen molar-refractivity contribution in [2.75, 3.05) is 0 Å². The normalized spacial score (nSPS) is 13.9. The lowest BCUT2D eigenvalue weighted by atomic mass is 10.1. The highest BCUT2D eigenvalue weighted by molar-refractivity contribution is 5.96. The van der Waals surface area contributed by atoms with E-state index in [9.17, 15) is 0 Å². The molecule has 0 aromatic heterocycles. The monoisotopic (exact) mass is 197 g/mol. The second-order valence-corrected chi connectivity index (χ2v) is 3.58. The summed E-state index contributed by atoms with van der Waals surface area (Å²) in [4.78, 5) is 0. The third-order valence-electron chi connectivity index (χ3n) is 2.25. The Labute approximate surface area is 88.5 Å². The fourth-order valence-corrected chi connectivity index (χ4v) is 1.22. The molecule has 0 unspecified atom stereocenters. The SMILES string of the molecule is N=NC(=N)c1cccc(C#CC2CC2)c1. The highest BCUT2D eigenvalue weighted by Crippen LogP contribution is 2.27. The van der Waals surface area contributed by atoms with Crippen LogP contribution in [0, 0.1) is 28.7 Å². The Morgan fingerprint density at radius 1 is 1.40 bits per heavy atom. The lowest BCUT2D eigenvalue weighted by Crippen LogP contribution is -1.93. The summed E-state index contributed by atoms with van der Waals surface area (Å²) in [6.45, 7) is 0. The molecule has 0 bridgehead atoms. The maximum Gasteiger partial charge on any atom is 0.173 e. The summed E-state index contributed by atoms with van der Waals surface area (Å²) in [5.41, 5.74) is 8.30. The second kappa shape index (κ2) is 4.05. The Hall–Kier alpha value is -1.95. The second-order valence-electron chi connectivity index (χ2n) is 3.58. The van der Waals surface area contributed by atoms with Crippen molar-refractivity contribution in [3.05, 3.63) is 35.4 Å². The molecule has 1 saturated carbocycles. The van der Waals surface area contributed by atoms with Crippen LogP contribution in [0.4, 0.5) is 0 Å². The van der Waals surface area contributed by atoms with Crippen LogP contribution < -0.4 is 0 Å². The van der Waals surface area contributed by atoms with Crippen LogP contribution in [0.2, 0.25) is 0 Å².